The van der Waals surface area contributed by atoms with Crippen LogP contribution < -0.4 is 0 Å². The van der Waals surface area contributed by atoms with Gasteiger partial charge in [-0.3, -0.25) is 0 Å². The van der Waals surface area contributed by atoms with E-state index in [2.05, 4.69) is 18.0 Å². The van der Waals surface area contributed by atoms with Crippen LogP contribution in [0.4, 0.5) is 0 Å². The van der Waals surface area contributed by atoms with Gasteiger partial charge in [-0.1, -0.05) is 13.3 Å². The zero-order chi connectivity index (χ0) is 8.97. The number of aliphatic hydroxyl groups excluding tert-OH is 1. The maximum Gasteiger partial charge on any atom is 0.124 e. The van der Waals surface area contributed by atoms with Crippen LogP contribution in [0.2, 0.25) is 0 Å². The number of hydrogen-bond acceptors (Lipinski definition) is 3. The van der Waals surface area contributed by atoms with E-state index in [-0.39, 0.29) is 12.8 Å². The summed E-state index contributed by atoms with van der Waals surface area (Å²) >= 11 is 0. The van der Waals surface area contributed by atoms with Crippen LogP contribution in [0.1, 0.15) is 19.8 Å². The van der Waals surface area contributed by atoms with Crippen LogP contribution in [0.5, 0.6) is 0 Å². The van der Waals surface area contributed by atoms with Crippen LogP contribution in [0.15, 0.2) is 12.4 Å². The fourth-order valence-electron chi connectivity index (χ4n) is 1.42. The lowest BCUT2D eigenvalue weighted by Crippen LogP contribution is -2.39. The van der Waals surface area contributed by atoms with Crippen LogP contribution in [0, 0.1) is 0 Å². The van der Waals surface area contributed by atoms with Gasteiger partial charge in [0.05, 0.1) is 6.61 Å². The number of likely N-dealkylation sites (N-methyl/N-ethyl adjacent to an activating group) is 1. The standard InChI is InChI=1S/C9H18N2O/c1-3-4-5-11-7-6-10(2)9(11)8-12/h6-7,9,12H,3-5,8H2,1-2H3. The van der Waals surface area contributed by atoms with E-state index in [4.69, 9.17) is 5.11 Å². The molecule has 1 heterocycles. The van der Waals surface area contributed by atoms with Crippen molar-refractivity contribution in [3.05, 3.63) is 12.4 Å². The van der Waals surface area contributed by atoms with Gasteiger partial charge in [-0.25, -0.2) is 0 Å². The molecule has 0 saturated heterocycles. The van der Waals surface area contributed by atoms with Crippen LogP contribution in [0.25, 0.3) is 0 Å². The highest BCUT2D eigenvalue weighted by molar-refractivity contribution is 4.94. The third-order valence-corrected chi connectivity index (χ3v) is 2.28. The summed E-state index contributed by atoms with van der Waals surface area (Å²) in [6, 6.07) is 0. The maximum atomic E-state index is 9.08. The highest BCUT2D eigenvalue weighted by Gasteiger charge is 2.21. The minimum Gasteiger partial charge on any atom is -0.392 e. The molecule has 0 saturated carbocycles. The van der Waals surface area contributed by atoms with Crippen molar-refractivity contribution in [1.29, 1.82) is 0 Å². The fraction of sp³-hybridized carbons (Fsp3) is 0.778. The zero-order valence-electron chi connectivity index (χ0n) is 7.90. The van der Waals surface area contributed by atoms with Crippen LogP contribution in [-0.2, 0) is 0 Å². The number of rotatable bonds is 4. The van der Waals surface area contributed by atoms with E-state index in [9.17, 15) is 0 Å². The summed E-state index contributed by atoms with van der Waals surface area (Å²) in [6.45, 7) is 3.42. The zero-order valence-corrected chi connectivity index (χ0v) is 7.90. The van der Waals surface area contributed by atoms with Crippen LogP contribution in [0.3, 0.4) is 0 Å². The van der Waals surface area contributed by atoms with E-state index >= 15 is 0 Å². The van der Waals surface area contributed by atoms with Gasteiger partial charge in [-0.15, -0.1) is 0 Å². The Hall–Kier alpha value is -0.700. The summed E-state index contributed by atoms with van der Waals surface area (Å²) in [5, 5.41) is 9.08. The van der Waals surface area contributed by atoms with Crippen LogP contribution >= 0.6 is 0 Å². The molecule has 0 aliphatic carbocycles. The minimum absolute atomic E-state index is 0.163. The molecule has 0 bridgehead atoms. The molecule has 3 heteroatoms. The van der Waals surface area contributed by atoms with E-state index in [0.717, 1.165) is 6.54 Å². The molecule has 0 aromatic heterocycles. The van der Waals surface area contributed by atoms with E-state index in [0.29, 0.717) is 0 Å². The van der Waals surface area contributed by atoms with Gasteiger partial charge in [0.1, 0.15) is 6.17 Å². The maximum absolute atomic E-state index is 9.08. The molecule has 0 aromatic carbocycles. The molecule has 0 spiro atoms. The lowest BCUT2D eigenvalue weighted by molar-refractivity contribution is 0.0962. The highest BCUT2D eigenvalue weighted by Crippen LogP contribution is 2.13. The van der Waals surface area contributed by atoms with Gasteiger partial charge in [0, 0.05) is 26.0 Å². The molecule has 3 nitrogen and oxygen atoms in total. The van der Waals surface area contributed by atoms with Crippen molar-refractivity contribution in [3.8, 4) is 0 Å². The van der Waals surface area contributed by atoms with E-state index in [1.165, 1.54) is 12.8 Å². The summed E-state index contributed by atoms with van der Waals surface area (Å²) in [6.07, 6.45) is 6.62. The average molecular weight is 170 g/mol. The number of unbranched alkanes of at least 4 members (excludes halogenated alkanes) is 1. The molecule has 1 atom stereocenters. The Kier molecular flexibility index (Phi) is 3.41. The average Bonchev–Trinajstić information content (AvgIpc) is 2.43. The van der Waals surface area contributed by atoms with E-state index < -0.39 is 0 Å². The lowest BCUT2D eigenvalue weighted by Gasteiger charge is -2.28. The molecular weight excluding hydrogens is 152 g/mol. The van der Waals surface area contributed by atoms with Crippen molar-refractivity contribution < 1.29 is 5.11 Å². The quantitative estimate of drug-likeness (QED) is 0.677. The van der Waals surface area contributed by atoms with E-state index in [1.54, 1.807) is 0 Å². The van der Waals surface area contributed by atoms with Gasteiger partial charge in [0.25, 0.3) is 0 Å². The van der Waals surface area contributed by atoms with Gasteiger partial charge >= 0.3 is 0 Å². The molecule has 1 N–H and O–H groups in total. The second-order valence-electron chi connectivity index (χ2n) is 3.22. The summed E-state index contributed by atoms with van der Waals surface area (Å²) < 4.78 is 0. The summed E-state index contributed by atoms with van der Waals surface area (Å²) in [7, 11) is 1.99. The molecule has 0 fully saturated rings. The van der Waals surface area contributed by atoms with E-state index in [1.807, 2.05) is 18.1 Å². The number of nitrogens with zero attached hydrogens (tertiary/aromatic N) is 2. The van der Waals surface area contributed by atoms with Gasteiger partial charge < -0.3 is 14.9 Å². The fourth-order valence-corrected chi connectivity index (χ4v) is 1.42. The minimum atomic E-state index is 0.163. The normalized spacial score (nSPS) is 22.4. The second-order valence-corrected chi connectivity index (χ2v) is 3.22. The molecule has 1 aliphatic heterocycles. The molecule has 0 aromatic rings. The van der Waals surface area contributed by atoms with Gasteiger partial charge in [-0.05, 0) is 6.42 Å². The predicted molar refractivity (Wildman–Crippen MR) is 49.4 cm³/mol. The van der Waals surface area contributed by atoms with Crippen molar-refractivity contribution in [1.82, 2.24) is 9.80 Å². The number of aliphatic hydroxyl groups is 1. The molecule has 0 radical (unpaired) electrons. The van der Waals surface area contributed by atoms with Crippen LogP contribution in [-0.4, -0.2) is 41.3 Å². The first-order chi connectivity index (χ1) is 5.79. The lowest BCUT2D eigenvalue weighted by atomic mass is 10.3. The summed E-state index contributed by atoms with van der Waals surface area (Å²) in [5.41, 5.74) is 0. The second kappa shape index (κ2) is 4.36. The predicted octanol–water partition coefficient (Wildman–Crippen LogP) is 0.824. The molecule has 70 valence electrons. The third-order valence-electron chi connectivity index (χ3n) is 2.28. The SMILES string of the molecule is CCCCN1C=CN(C)C1CO. The molecule has 1 unspecified atom stereocenters. The Bertz CT molecular complexity index is 159. The van der Waals surface area contributed by atoms with Crippen molar-refractivity contribution in [2.75, 3.05) is 20.2 Å². The molecule has 1 aliphatic rings. The Labute approximate surface area is 74.3 Å². The Balaban J connectivity index is 2.38. The number of hydrogen-bond donors (Lipinski definition) is 1. The van der Waals surface area contributed by atoms with Crippen molar-refractivity contribution in [2.45, 2.75) is 25.9 Å². The van der Waals surface area contributed by atoms with Crippen molar-refractivity contribution >= 4 is 0 Å². The first kappa shape index (κ1) is 9.39. The smallest absolute Gasteiger partial charge is 0.124 e. The Morgan fingerprint density at radius 2 is 2.17 bits per heavy atom. The van der Waals surface area contributed by atoms with Gasteiger partial charge in [0.15, 0.2) is 0 Å². The van der Waals surface area contributed by atoms with Gasteiger partial charge in [-0.2, -0.15) is 0 Å². The third kappa shape index (κ3) is 1.91. The summed E-state index contributed by atoms with van der Waals surface area (Å²) in [5.74, 6) is 0. The van der Waals surface area contributed by atoms with Crippen molar-refractivity contribution in [3.63, 3.8) is 0 Å². The Morgan fingerprint density at radius 1 is 1.42 bits per heavy atom. The van der Waals surface area contributed by atoms with Crippen molar-refractivity contribution in [2.24, 2.45) is 0 Å². The molecule has 1 rings (SSSR count). The van der Waals surface area contributed by atoms with Gasteiger partial charge in [0.2, 0.25) is 0 Å². The monoisotopic (exact) mass is 170 g/mol. The largest absolute Gasteiger partial charge is 0.392 e. The molecular formula is C9H18N2O. The molecule has 0 amide bonds. The first-order valence-corrected chi connectivity index (χ1v) is 4.56. The molecule has 12 heavy (non-hydrogen) atoms. The Morgan fingerprint density at radius 3 is 2.75 bits per heavy atom. The highest BCUT2D eigenvalue weighted by atomic mass is 16.3. The topological polar surface area (TPSA) is 26.7 Å². The first-order valence-electron chi connectivity index (χ1n) is 4.56. The summed E-state index contributed by atoms with van der Waals surface area (Å²) in [4.78, 5) is 4.22.